The van der Waals surface area contributed by atoms with Gasteiger partial charge in [0.2, 0.25) is 17.7 Å². The Bertz CT molecular complexity index is 2660. The van der Waals surface area contributed by atoms with Gasteiger partial charge >= 0.3 is 5.97 Å². The summed E-state index contributed by atoms with van der Waals surface area (Å²) in [6.45, 7) is 16.6. The summed E-state index contributed by atoms with van der Waals surface area (Å²) < 4.78 is 15.1. The first-order valence-corrected chi connectivity index (χ1v) is 25.3. The third-order valence-corrected chi connectivity index (χ3v) is 14.9. The summed E-state index contributed by atoms with van der Waals surface area (Å²) in [6.07, 6.45) is 11.5. The largest absolute Gasteiger partial charge is 0.464 e. The van der Waals surface area contributed by atoms with Gasteiger partial charge in [-0.15, -0.1) is 0 Å². The number of ether oxygens (including phenoxy) is 2. The number of carbonyl (C=O) groups excluding carboxylic acids is 5. The van der Waals surface area contributed by atoms with Gasteiger partial charge < -0.3 is 39.8 Å². The lowest BCUT2D eigenvalue weighted by Crippen LogP contribution is -2.56. The number of rotatable bonds is 12. The molecular formula is C56H76N8O7. The van der Waals surface area contributed by atoms with Gasteiger partial charge in [-0.25, -0.2) is 5.43 Å². The average molecular weight is 973 g/mol. The Kier molecular flexibility index (Phi) is 16.2. The van der Waals surface area contributed by atoms with Gasteiger partial charge in [0.05, 0.1) is 23.9 Å². The summed E-state index contributed by atoms with van der Waals surface area (Å²) >= 11 is 0. The number of allylic oxidation sites excluding steroid dienone is 3. The Morgan fingerprint density at radius 3 is 2.45 bits per heavy atom. The van der Waals surface area contributed by atoms with Crippen LogP contribution in [0, 0.1) is 17.3 Å². The summed E-state index contributed by atoms with van der Waals surface area (Å²) in [7, 11) is 7.17. The number of nitrogens with two attached hydrogens (primary N) is 1. The van der Waals surface area contributed by atoms with Gasteiger partial charge in [-0.3, -0.25) is 29.0 Å². The molecule has 2 fully saturated rings. The Morgan fingerprint density at radius 1 is 1.01 bits per heavy atom. The van der Waals surface area contributed by atoms with Crippen LogP contribution in [-0.2, 0) is 46.4 Å². The number of hydrogen-bond donors (Lipinski definition) is 3. The fourth-order valence-electron chi connectivity index (χ4n) is 11.3. The molecule has 3 aromatic rings. The van der Waals surface area contributed by atoms with E-state index < -0.39 is 46.8 Å². The van der Waals surface area contributed by atoms with Crippen molar-refractivity contribution in [2.75, 3.05) is 61.0 Å². The van der Waals surface area contributed by atoms with Crippen LogP contribution >= 0.6 is 0 Å². The van der Waals surface area contributed by atoms with E-state index in [1.165, 1.54) is 16.1 Å². The molecule has 1 aromatic heterocycles. The number of esters is 1. The maximum atomic E-state index is 14.7. The lowest BCUT2D eigenvalue weighted by molar-refractivity contribution is -0.156. The third-order valence-electron chi connectivity index (χ3n) is 14.9. The highest BCUT2D eigenvalue weighted by atomic mass is 16.5. The molecule has 0 saturated carbocycles. The first kappa shape index (κ1) is 52.8. The first-order chi connectivity index (χ1) is 33.8. The number of nitrogens with one attached hydrogen (secondary N) is 2. The number of cyclic esters (lactones) is 1. The van der Waals surface area contributed by atoms with E-state index in [4.69, 9.17) is 15.2 Å². The second-order valence-electron chi connectivity index (χ2n) is 21.1. The second-order valence-corrected chi connectivity index (χ2v) is 21.1. The number of nitrogens with zero attached hydrogens (tertiary/aromatic N) is 5. The van der Waals surface area contributed by atoms with Crippen molar-refractivity contribution in [3.63, 3.8) is 0 Å². The Hall–Kier alpha value is -6.03. The number of likely N-dealkylation sites (N-methyl/N-ethyl adjacent to an activating group) is 2. The van der Waals surface area contributed by atoms with Crippen molar-refractivity contribution >= 4 is 46.1 Å². The van der Waals surface area contributed by atoms with Crippen molar-refractivity contribution in [1.82, 2.24) is 35.0 Å². The number of amides is 4. The van der Waals surface area contributed by atoms with Crippen LogP contribution in [0.25, 0.3) is 27.6 Å². The van der Waals surface area contributed by atoms with Gasteiger partial charge in [0.25, 0.3) is 5.91 Å². The number of carbonyl (C=O) groups is 5. The zero-order valence-corrected chi connectivity index (χ0v) is 43.8. The molecule has 3 aliphatic heterocycles. The maximum absolute atomic E-state index is 14.7. The Balaban J connectivity index is 1.26. The molecule has 4 heterocycles. The molecule has 6 bridgehead atoms. The van der Waals surface area contributed by atoms with Crippen molar-refractivity contribution in [2.45, 2.75) is 111 Å². The fraction of sp³-hybridized carbons (Fsp3) is 0.518. The van der Waals surface area contributed by atoms with Crippen molar-refractivity contribution in [3.05, 3.63) is 101 Å². The lowest BCUT2D eigenvalue weighted by atomic mass is 9.61. The van der Waals surface area contributed by atoms with E-state index >= 15 is 0 Å². The summed E-state index contributed by atoms with van der Waals surface area (Å²) in [5.41, 5.74) is 16.5. The third kappa shape index (κ3) is 10.6. The summed E-state index contributed by atoms with van der Waals surface area (Å²) in [6, 6.07) is 12.9. The van der Waals surface area contributed by atoms with E-state index in [1.807, 2.05) is 51.9 Å². The van der Waals surface area contributed by atoms with Crippen LogP contribution in [0.2, 0.25) is 0 Å². The standard InChI is InChI=1S/C56H76N8O7/c1-12-14-20-41-48-46-42-31-38(23-24-44(42)63(48)13-2)37-19-15-18-36(29-37)30-40(53(68)64-27-16-21-43(59-64)54(69)71-34-55(5,6)49(46)56(7,70-11)50(41)57)32-58-51(66)47(35(3)4)61(10)52(67)39-25-28-62(33-39)45(65)22-17-26-60(8)9/h14-15,17-20,22-24,29,31-32,35,39,43,47,49,59H,12-13,16,21,25-28,30,33-34,57H2,1-11H3,(H,58,66)/b20-14-,22-17+,40-32+/t39-,43?,47-,49?,56?/m0/s1. The number of hydrazine groups is 1. The number of likely N-dealkylation sites (tertiary alicyclic amines) is 1. The summed E-state index contributed by atoms with van der Waals surface area (Å²) in [5.74, 6) is -2.76. The number of fused-ring (bicyclic) bond motifs is 6. The Morgan fingerprint density at radius 2 is 1.76 bits per heavy atom. The second kappa shape index (κ2) is 21.8. The Labute approximate surface area is 420 Å². The highest BCUT2D eigenvalue weighted by Gasteiger charge is 2.53. The molecule has 3 unspecified atom stereocenters. The quantitative estimate of drug-likeness (QED) is 0.134. The number of benzene rings is 2. The van der Waals surface area contributed by atoms with E-state index in [-0.39, 0.29) is 48.8 Å². The maximum Gasteiger partial charge on any atom is 0.324 e. The molecule has 4 N–H and O–H groups in total. The van der Waals surface area contributed by atoms with Crippen LogP contribution in [0.1, 0.15) is 96.9 Å². The molecule has 71 heavy (non-hydrogen) atoms. The average Bonchev–Trinajstić information content (AvgIpc) is 3.97. The molecule has 4 aliphatic rings. The van der Waals surface area contributed by atoms with Crippen molar-refractivity contribution in [1.29, 1.82) is 0 Å². The zero-order chi connectivity index (χ0) is 51.5. The molecule has 15 heteroatoms. The molecule has 0 spiro atoms. The minimum absolute atomic E-state index is 0.0473. The molecule has 1 aliphatic carbocycles. The number of hydrogen-bond acceptors (Lipinski definition) is 10. The molecule has 382 valence electrons. The zero-order valence-electron chi connectivity index (χ0n) is 43.8. The van der Waals surface area contributed by atoms with Crippen molar-refractivity contribution in [2.24, 2.45) is 23.0 Å². The monoisotopic (exact) mass is 973 g/mol. The molecule has 15 nitrogen and oxygen atoms in total. The van der Waals surface area contributed by atoms with Crippen LogP contribution in [0.3, 0.4) is 0 Å². The first-order valence-electron chi connectivity index (χ1n) is 25.3. The van der Waals surface area contributed by atoms with E-state index in [0.29, 0.717) is 51.1 Å². The molecular weight excluding hydrogens is 897 g/mol. The van der Waals surface area contributed by atoms with Gasteiger partial charge in [-0.1, -0.05) is 83.2 Å². The molecule has 0 radical (unpaired) electrons. The number of aryl methyl sites for hydroxylation is 1. The van der Waals surface area contributed by atoms with Gasteiger partial charge in [0.1, 0.15) is 17.7 Å². The van der Waals surface area contributed by atoms with Crippen LogP contribution < -0.4 is 16.5 Å². The summed E-state index contributed by atoms with van der Waals surface area (Å²) in [4.78, 5) is 75.2. The number of methoxy groups -OCH3 is 1. The van der Waals surface area contributed by atoms with E-state index in [1.54, 1.807) is 31.2 Å². The van der Waals surface area contributed by atoms with Gasteiger partial charge in [-0.05, 0) is 93.9 Å². The van der Waals surface area contributed by atoms with E-state index in [2.05, 4.69) is 85.5 Å². The normalized spacial score (nSPS) is 23.8. The predicted molar refractivity (Wildman–Crippen MR) is 278 cm³/mol. The summed E-state index contributed by atoms with van der Waals surface area (Å²) in [5, 5.41) is 5.42. The van der Waals surface area contributed by atoms with Gasteiger partial charge in [0.15, 0.2) is 0 Å². The molecule has 5 atom stereocenters. The smallest absolute Gasteiger partial charge is 0.324 e. The lowest BCUT2D eigenvalue weighted by Gasteiger charge is -2.49. The van der Waals surface area contributed by atoms with Gasteiger partial charge in [-0.2, -0.15) is 0 Å². The molecule has 2 aromatic carbocycles. The number of aromatic nitrogens is 1. The minimum atomic E-state index is -0.979. The molecule has 2 saturated heterocycles. The minimum Gasteiger partial charge on any atom is -0.464 e. The SMILES string of the molecule is CC/C=C\C1=C(N)C(C)(OC)C2c3c1n(CC)c1ccc(cc31)-c1cccc(c1)C/C(=C\NC(=O)[C@H](C(C)C)N(C)C(=O)[C@H]1CCN(C(=O)/C=C/CN(C)C)C1)C(=O)N1CCCC(N1)C(=O)OCC2(C)C. The topological polar surface area (TPSA) is 172 Å². The van der Waals surface area contributed by atoms with E-state index in [9.17, 15) is 24.0 Å². The van der Waals surface area contributed by atoms with E-state index in [0.717, 1.165) is 50.8 Å². The van der Waals surface area contributed by atoms with Crippen LogP contribution in [0.15, 0.2) is 84.2 Å². The highest BCUT2D eigenvalue weighted by molar-refractivity contribution is 5.98. The van der Waals surface area contributed by atoms with Gasteiger partial charge in [0, 0.05) is 99.0 Å². The fourth-order valence-corrected chi connectivity index (χ4v) is 11.3. The highest BCUT2D eigenvalue weighted by Crippen LogP contribution is 2.56. The predicted octanol–water partition coefficient (Wildman–Crippen LogP) is 6.54. The van der Waals surface area contributed by atoms with Crippen LogP contribution in [-0.4, -0.2) is 133 Å². The van der Waals surface area contributed by atoms with Crippen LogP contribution in [0.4, 0.5) is 0 Å². The van der Waals surface area contributed by atoms with Crippen molar-refractivity contribution in [3.8, 4) is 11.1 Å². The van der Waals surface area contributed by atoms with Crippen molar-refractivity contribution < 1.29 is 33.4 Å². The molecule has 4 amide bonds. The van der Waals surface area contributed by atoms with Crippen LogP contribution in [0.5, 0.6) is 0 Å². The molecule has 7 rings (SSSR count).